The Bertz CT molecular complexity index is 784. The number of amides is 1. The van der Waals surface area contributed by atoms with Crippen LogP contribution >= 0.6 is 35.3 Å². The summed E-state index contributed by atoms with van der Waals surface area (Å²) >= 11 is 1.67. The second-order valence-corrected chi connectivity index (χ2v) is 7.28. The van der Waals surface area contributed by atoms with Crippen molar-refractivity contribution in [2.75, 3.05) is 27.2 Å². The van der Waals surface area contributed by atoms with Crippen LogP contribution in [0.2, 0.25) is 0 Å². The Morgan fingerprint density at radius 3 is 2.61 bits per heavy atom. The van der Waals surface area contributed by atoms with Crippen molar-refractivity contribution in [2.45, 2.75) is 19.4 Å². The lowest BCUT2D eigenvalue weighted by molar-refractivity contribution is -0.127. The summed E-state index contributed by atoms with van der Waals surface area (Å²) in [6.07, 6.45) is 0.819. The molecule has 2 rings (SSSR count). The van der Waals surface area contributed by atoms with Gasteiger partial charge < -0.3 is 15.5 Å². The number of carbonyl (C=O) groups is 1. The summed E-state index contributed by atoms with van der Waals surface area (Å²) in [6.45, 7) is 2.44. The molecule has 0 saturated heterocycles. The molecule has 2 N–H and O–H groups in total. The normalized spacial score (nSPS) is 12.1. The third-order valence-electron chi connectivity index (χ3n) is 3.91. The Morgan fingerprint density at radius 1 is 1.25 bits per heavy atom. The van der Waals surface area contributed by atoms with E-state index in [4.69, 9.17) is 0 Å². The van der Waals surface area contributed by atoms with Gasteiger partial charge in [-0.15, -0.1) is 35.3 Å². The van der Waals surface area contributed by atoms with Gasteiger partial charge in [0, 0.05) is 25.5 Å². The molecule has 1 unspecified atom stereocenters. The Morgan fingerprint density at radius 2 is 2.00 bits per heavy atom. The van der Waals surface area contributed by atoms with E-state index in [0.29, 0.717) is 18.1 Å². The van der Waals surface area contributed by atoms with Gasteiger partial charge in [0.05, 0.1) is 6.04 Å². The van der Waals surface area contributed by atoms with Crippen LogP contribution in [-0.2, 0) is 11.2 Å². The van der Waals surface area contributed by atoms with Crippen molar-refractivity contribution in [3.05, 3.63) is 57.8 Å². The lowest BCUT2D eigenvalue weighted by Gasteiger charge is -2.19. The quantitative estimate of drug-likeness (QED) is 0.332. The van der Waals surface area contributed by atoms with Crippen LogP contribution in [0.4, 0.5) is 8.78 Å². The van der Waals surface area contributed by atoms with Gasteiger partial charge >= 0.3 is 0 Å². The standard InChI is InChI=1S/C19H24F2N4OS.HI/c1-13(14-6-7-16(20)17(21)11-14)24-19(23-12-18(26)25(2)3)22-9-8-15-5-4-10-27-15;/h4-7,10-11,13H,8-9,12H2,1-3H3,(H2,22,23,24);1H. The summed E-state index contributed by atoms with van der Waals surface area (Å²) in [4.78, 5) is 18.8. The van der Waals surface area contributed by atoms with Crippen molar-refractivity contribution in [2.24, 2.45) is 4.99 Å². The van der Waals surface area contributed by atoms with Gasteiger partial charge in [0.1, 0.15) is 6.54 Å². The lowest BCUT2D eigenvalue weighted by Crippen LogP contribution is -2.40. The highest BCUT2D eigenvalue weighted by atomic mass is 127. The average molecular weight is 522 g/mol. The first-order chi connectivity index (χ1) is 12.9. The van der Waals surface area contributed by atoms with Crippen LogP contribution in [0.1, 0.15) is 23.4 Å². The molecule has 1 atom stereocenters. The lowest BCUT2D eigenvalue weighted by atomic mass is 10.1. The Hall–Kier alpha value is -1.75. The van der Waals surface area contributed by atoms with Gasteiger partial charge in [-0.1, -0.05) is 12.1 Å². The molecule has 1 aromatic carbocycles. The van der Waals surface area contributed by atoms with Crippen molar-refractivity contribution in [1.29, 1.82) is 0 Å². The second-order valence-electron chi connectivity index (χ2n) is 6.25. The molecule has 1 heterocycles. The molecular weight excluding hydrogens is 497 g/mol. The van der Waals surface area contributed by atoms with Crippen molar-refractivity contribution in [3.8, 4) is 0 Å². The number of benzene rings is 1. The predicted molar refractivity (Wildman–Crippen MR) is 120 cm³/mol. The summed E-state index contributed by atoms with van der Waals surface area (Å²) in [5, 5.41) is 8.34. The maximum Gasteiger partial charge on any atom is 0.243 e. The molecule has 0 aliphatic carbocycles. The van der Waals surface area contributed by atoms with E-state index in [0.717, 1.165) is 18.6 Å². The fourth-order valence-corrected chi connectivity index (χ4v) is 2.98. The molecule has 0 aliphatic rings. The Labute approximate surface area is 185 Å². The van der Waals surface area contributed by atoms with Crippen LogP contribution in [0.25, 0.3) is 0 Å². The number of likely N-dealkylation sites (N-methyl/N-ethyl adjacent to an activating group) is 1. The van der Waals surface area contributed by atoms with Crippen LogP contribution in [0.3, 0.4) is 0 Å². The van der Waals surface area contributed by atoms with E-state index >= 15 is 0 Å². The second kappa shape index (κ2) is 11.9. The average Bonchev–Trinajstić information content (AvgIpc) is 3.14. The van der Waals surface area contributed by atoms with Crippen LogP contribution in [0.5, 0.6) is 0 Å². The highest BCUT2D eigenvalue weighted by Crippen LogP contribution is 2.16. The van der Waals surface area contributed by atoms with E-state index in [1.165, 1.54) is 15.8 Å². The Balaban J connectivity index is 0.00000392. The zero-order valence-electron chi connectivity index (χ0n) is 16.0. The third-order valence-corrected chi connectivity index (χ3v) is 4.85. The fourth-order valence-electron chi connectivity index (χ4n) is 2.27. The van der Waals surface area contributed by atoms with Gasteiger partial charge in [-0.3, -0.25) is 4.79 Å². The van der Waals surface area contributed by atoms with Gasteiger partial charge in [-0.2, -0.15) is 0 Å². The molecule has 2 aromatic rings. The van der Waals surface area contributed by atoms with Gasteiger partial charge in [0.25, 0.3) is 0 Å². The summed E-state index contributed by atoms with van der Waals surface area (Å²) in [5.41, 5.74) is 0.584. The number of thiophene rings is 1. The van der Waals surface area contributed by atoms with Gasteiger partial charge in [-0.25, -0.2) is 13.8 Å². The molecule has 9 heteroatoms. The van der Waals surface area contributed by atoms with Crippen LogP contribution < -0.4 is 10.6 Å². The number of halogens is 3. The minimum atomic E-state index is -0.895. The van der Waals surface area contributed by atoms with E-state index in [-0.39, 0.29) is 42.5 Å². The molecule has 154 valence electrons. The molecular formula is C19H25F2IN4OS. The first-order valence-electron chi connectivity index (χ1n) is 8.59. The summed E-state index contributed by atoms with van der Waals surface area (Å²) in [7, 11) is 3.33. The zero-order valence-corrected chi connectivity index (χ0v) is 19.2. The SMILES string of the molecule is CC(NC(=NCC(=O)N(C)C)NCCc1cccs1)c1ccc(F)c(F)c1.I. The van der Waals surface area contributed by atoms with Crippen LogP contribution in [0.15, 0.2) is 40.7 Å². The molecule has 0 spiro atoms. The van der Waals surface area contributed by atoms with Gasteiger partial charge in [0.15, 0.2) is 17.6 Å². The molecule has 0 fully saturated rings. The summed E-state index contributed by atoms with van der Waals surface area (Å²) < 4.78 is 26.6. The van der Waals surface area contributed by atoms with Gasteiger partial charge in [-0.05, 0) is 42.5 Å². The molecule has 5 nitrogen and oxygen atoms in total. The molecule has 1 amide bonds. The molecule has 28 heavy (non-hydrogen) atoms. The maximum absolute atomic E-state index is 13.5. The third kappa shape index (κ3) is 7.70. The number of hydrogen-bond acceptors (Lipinski definition) is 3. The molecule has 1 aromatic heterocycles. The molecule has 0 radical (unpaired) electrons. The van der Waals surface area contributed by atoms with Crippen molar-refractivity contribution >= 4 is 47.2 Å². The van der Waals surface area contributed by atoms with E-state index in [9.17, 15) is 13.6 Å². The van der Waals surface area contributed by atoms with Crippen molar-refractivity contribution in [3.63, 3.8) is 0 Å². The molecule has 0 saturated carbocycles. The topological polar surface area (TPSA) is 56.7 Å². The predicted octanol–water partition coefficient (Wildman–Crippen LogP) is 3.57. The van der Waals surface area contributed by atoms with Crippen molar-refractivity contribution in [1.82, 2.24) is 15.5 Å². The fraction of sp³-hybridized carbons (Fsp3) is 0.368. The van der Waals surface area contributed by atoms with E-state index in [2.05, 4.69) is 21.7 Å². The highest BCUT2D eigenvalue weighted by molar-refractivity contribution is 14.0. The van der Waals surface area contributed by atoms with Crippen LogP contribution in [0, 0.1) is 11.6 Å². The first kappa shape index (κ1) is 24.3. The first-order valence-corrected chi connectivity index (χ1v) is 9.47. The number of hydrogen-bond donors (Lipinski definition) is 2. The highest BCUT2D eigenvalue weighted by Gasteiger charge is 2.12. The number of aliphatic imine (C=N–C) groups is 1. The number of rotatable bonds is 7. The van der Waals surface area contributed by atoms with E-state index in [1.54, 1.807) is 25.4 Å². The van der Waals surface area contributed by atoms with Gasteiger partial charge in [0.2, 0.25) is 5.91 Å². The van der Waals surface area contributed by atoms with E-state index in [1.807, 2.05) is 18.4 Å². The number of nitrogens with one attached hydrogen (secondary N) is 2. The zero-order chi connectivity index (χ0) is 19.8. The largest absolute Gasteiger partial charge is 0.356 e. The minimum Gasteiger partial charge on any atom is -0.356 e. The minimum absolute atomic E-state index is 0. The van der Waals surface area contributed by atoms with E-state index < -0.39 is 11.6 Å². The van der Waals surface area contributed by atoms with Crippen LogP contribution in [-0.4, -0.2) is 44.0 Å². The number of nitrogens with zero attached hydrogens (tertiary/aromatic N) is 2. The number of guanidine groups is 1. The Kier molecular flexibility index (Phi) is 10.4. The molecule has 0 bridgehead atoms. The summed E-state index contributed by atoms with van der Waals surface area (Å²) in [5.74, 6) is -1.47. The smallest absolute Gasteiger partial charge is 0.243 e. The molecule has 0 aliphatic heterocycles. The van der Waals surface area contributed by atoms with Crippen molar-refractivity contribution < 1.29 is 13.6 Å². The maximum atomic E-state index is 13.5. The summed E-state index contributed by atoms with van der Waals surface area (Å²) in [6, 6.07) is 7.50. The monoisotopic (exact) mass is 522 g/mol. The number of carbonyl (C=O) groups excluding carboxylic acids is 1.